The van der Waals surface area contributed by atoms with Crippen molar-refractivity contribution in [2.45, 2.75) is 16.6 Å². The SMILES string of the molecule is O=C(Nc1cc(Cl)c(O)c(Cl)c1)C1Cc2ccccc2S1. The Morgan fingerprint density at radius 1 is 1.24 bits per heavy atom. The molecule has 1 heterocycles. The molecular formula is C15H11Cl2NO2S. The number of fused-ring (bicyclic) bond motifs is 1. The fourth-order valence-electron chi connectivity index (χ4n) is 2.19. The molecule has 3 nitrogen and oxygen atoms in total. The van der Waals surface area contributed by atoms with Gasteiger partial charge in [-0.2, -0.15) is 0 Å². The van der Waals surface area contributed by atoms with Gasteiger partial charge in [-0.1, -0.05) is 41.4 Å². The van der Waals surface area contributed by atoms with E-state index in [4.69, 9.17) is 23.2 Å². The van der Waals surface area contributed by atoms with E-state index in [9.17, 15) is 9.90 Å². The van der Waals surface area contributed by atoms with Crippen LogP contribution >= 0.6 is 35.0 Å². The molecule has 21 heavy (non-hydrogen) atoms. The lowest BCUT2D eigenvalue weighted by Crippen LogP contribution is -2.24. The fraction of sp³-hybridized carbons (Fsp3) is 0.133. The number of carbonyl (C=O) groups excluding carboxylic acids is 1. The molecule has 0 saturated carbocycles. The summed E-state index contributed by atoms with van der Waals surface area (Å²) in [6.45, 7) is 0. The van der Waals surface area contributed by atoms with E-state index >= 15 is 0 Å². The van der Waals surface area contributed by atoms with Crippen LogP contribution in [0.3, 0.4) is 0 Å². The molecule has 3 rings (SSSR count). The molecule has 1 atom stereocenters. The summed E-state index contributed by atoms with van der Waals surface area (Å²) in [5.41, 5.74) is 1.66. The molecule has 0 spiro atoms. The van der Waals surface area contributed by atoms with Crippen LogP contribution in [0.15, 0.2) is 41.3 Å². The van der Waals surface area contributed by atoms with Gasteiger partial charge in [0.15, 0.2) is 5.75 Å². The number of hydrogen-bond acceptors (Lipinski definition) is 3. The van der Waals surface area contributed by atoms with Crippen molar-refractivity contribution in [1.82, 2.24) is 0 Å². The van der Waals surface area contributed by atoms with Gasteiger partial charge in [-0.3, -0.25) is 4.79 Å². The number of rotatable bonds is 2. The summed E-state index contributed by atoms with van der Waals surface area (Å²) in [6.07, 6.45) is 0.701. The van der Waals surface area contributed by atoms with E-state index in [1.54, 1.807) is 11.8 Å². The van der Waals surface area contributed by atoms with Crippen LogP contribution in [0.2, 0.25) is 10.0 Å². The molecule has 2 aromatic carbocycles. The van der Waals surface area contributed by atoms with Gasteiger partial charge in [0, 0.05) is 10.6 Å². The van der Waals surface area contributed by atoms with Crippen molar-refractivity contribution in [1.29, 1.82) is 0 Å². The Balaban J connectivity index is 1.74. The van der Waals surface area contributed by atoms with E-state index in [-0.39, 0.29) is 27.0 Å². The van der Waals surface area contributed by atoms with Crippen molar-refractivity contribution in [3.05, 3.63) is 52.0 Å². The molecule has 1 amide bonds. The standard InChI is InChI=1S/C15H11Cl2NO2S/c16-10-6-9(7-11(17)14(10)19)18-15(20)13-5-8-3-1-2-4-12(8)21-13/h1-4,6-7,13,19H,5H2,(H,18,20). The highest BCUT2D eigenvalue weighted by atomic mass is 35.5. The third-order valence-corrected chi connectivity index (χ3v) is 5.12. The van der Waals surface area contributed by atoms with E-state index < -0.39 is 0 Å². The second-order valence-corrected chi connectivity index (χ2v) is 6.76. The number of phenolic OH excluding ortho intramolecular Hbond substituents is 1. The monoisotopic (exact) mass is 339 g/mol. The molecule has 0 bridgehead atoms. The highest BCUT2D eigenvalue weighted by molar-refractivity contribution is 8.01. The summed E-state index contributed by atoms with van der Waals surface area (Å²) in [7, 11) is 0. The maximum absolute atomic E-state index is 12.3. The molecule has 108 valence electrons. The number of thioether (sulfide) groups is 1. The van der Waals surface area contributed by atoms with Crippen LogP contribution in [0.4, 0.5) is 5.69 Å². The Morgan fingerprint density at radius 2 is 1.90 bits per heavy atom. The van der Waals surface area contributed by atoms with Gasteiger partial charge in [0.25, 0.3) is 0 Å². The Labute approximate surface area is 136 Å². The smallest absolute Gasteiger partial charge is 0.238 e. The van der Waals surface area contributed by atoms with E-state index in [2.05, 4.69) is 5.32 Å². The molecule has 0 aliphatic carbocycles. The van der Waals surface area contributed by atoms with Crippen molar-refractivity contribution in [2.24, 2.45) is 0 Å². The highest BCUT2D eigenvalue weighted by Crippen LogP contribution is 2.38. The topological polar surface area (TPSA) is 49.3 Å². The Morgan fingerprint density at radius 3 is 2.57 bits per heavy atom. The number of nitrogens with one attached hydrogen (secondary N) is 1. The predicted octanol–water partition coefficient (Wildman–Crippen LogP) is 4.35. The fourth-order valence-corrected chi connectivity index (χ4v) is 3.87. The molecule has 0 aromatic heterocycles. The molecule has 6 heteroatoms. The zero-order valence-corrected chi connectivity index (χ0v) is 13.1. The van der Waals surface area contributed by atoms with Crippen LogP contribution in [-0.2, 0) is 11.2 Å². The van der Waals surface area contributed by atoms with Crippen molar-refractivity contribution >= 4 is 46.6 Å². The van der Waals surface area contributed by atoms with Crippen molar-refractivity contribution < 1.29 is 9.90 Å². The molecule has 2 N–H and O–H groups in total. The molecule has 1 aliphatic rings. The normalized spacial score (nSPS) is 16.6. The van der Waals surface area contributed by atoms with E-state index in [0.29, 0.717) is 12.1 Å². The van der Waals surface area contributed by atoms with Gasteiger partial charge >= 0.3 is 0 Å². The number of hydrogen-bond donors (Lipinski definition) is 2. The minimum Gasteiger partial charge on any atom is -0.505 e. The quantitative estimate of drug-likeness (QED) is 0.799. The molecule has 0 fully saturated rings. The van der Waals surface area contributed by atoms with Gasteiger partial charge < -0.3 is 10.4 Å². The minimum atomic E-state index is -0.182. The number of carbonyl (C=O) groups is 1. The first-order valence-electron chi connectivity index (χ1n) is 6.28. The zero-order chi connectivity index (χ0) is 15.0. The summed E-state index contributed by atoms with van der Waals surface area (Å²) in [5, 5.41) is 12.4. The lowest BCUT2D eigenvalue weighted by atomic mass is 10.1. The van der Waals surface area contributed by atoms with Crippen LogP contribution in [-0.4, -0.2) is 16.3 Å². The highest BCUT2D eigenvalue weighted by Gasteiger charge is 2.28. The number of aromatic hydroxyl groups is 1. The summed E-state index contributed by atoms with van der Waals surface area (Å²) >= 11 is 13.2. The first-order valence-corrected chi connectivity index (χ1v) is 7.91. The second kappa shape index (κ2) is 5.79. The van der Waals surface area contributed by atoms with Crippen LogP contribution in [0.1, 0.15) is 5.56 Å². The van der Waals surface area contributed by atoms with Crippen LogP contribution in [0.5, 0.6) is 5.75 Å². The number of phenols is 1. The van der Waals surface area contributed by atoms with E-state index in [0.717, 1.165) is 4.90 Å². The predicted molar refractivity (Wildman–Crippen MR) is 86.5 cm³/mol. The third kappa shape index (κ3) is 2.98. The summed E-state index contributed by atoms with van der Waals surface area (Å²) in [6, 6.07) is 10.9. The van der Waals surface area contributed by atoms with Gasteiger partial charge in [0.1, 0.15) is 0 Å². The Kier molecular flexibility index (Phi) is 4.02. The molecule has 2 aromatic rings. The van der Waals surface area contributed by atoms with Gasteiger partial charge in [-0.05, 0) is 30.2 Å². The van der Waals surface area contributed by atoms with Crippen LogP contribution in [0.25, 0.3) is 0 Å². The van der Waals surface area contributed by atoms with Crippen LogP contribution in [0, 0.1) is 0 Å². The lowest BCUT2D eigenvalue weighted by Gasteiger charge is -2.11. The molecule has 1 aliphatic heterocycles. The first-order chi connectivity index (χ1) is 10.0. The Hall–Kier alpha value is -1.36. The summed E-state index contributed by atoms with van der Waals surface area (Å²) < 4.78 is 0. The van der Waals surface area contributed by atoms with Gasteiger partial charge in [-0.25, -0.2) is 0 Å². The number of anilines is 1. The van der Waals surface area contributed by atoms with Crippen molar-refractivity contribution in [2.75, 3.05) is 5.32 Å². The van der Waals surface area contributed by atoms with E-state index in [1.165, 1.54) is 17.7 Å². The van der Waals surface area contributed by atoms with E-state index in [1.807, 2.05) is 24.3 Å². The zero-order valence-electron chi connectivity index (χ0n) is 10.8. The van der Waals surface area contributed by atoms with Gasteiger partial charge in [-0.15, -0.1) is 11.8 Å². The number of amides is 1. The van der Waals surface area contributed by atoms with Crippen molar-refractivity contribution in [3.63, 3.8) is 0 Å². The maximum atomic E-state index is 12.3. The first kappa shape index (κ1) is 14.6. The maximum Gasteiger partial charge on any atom is 0.238 e. The van der Waals surface area contributed by atoms with Gasteiger partial charge in [0.2, 0.25) is 5.91 Å². The average molecular weight is 340 g/mol. The van der Waals surface area contributed by atoms with Gasteiger partial charge in [0.05, 0.1) is 15.3 Å². The molecular weight excluding hydrogens is 329 g/mol. The summed E-state index contributed by atoms with van der Waals surface area (Å²) in [4.78, 5) is 13.4. The number of halogens is 2. The van der Waals surface area contributed by atoms with Crippen LogP contribution < -0.4 is 5.32 Å². The summed E-state index contributed by atoms with van der Waals surface area (Å²) in [5.74, 6) is -0.284. The second-order valence-electron chi connectivity index (χ2n) is 4.70. The largest absolute Gasteiger partial charge is 0.505 e. The third-order valence-electron chi connectivity index (χ3n) is 3.22. The lowest BCUT2D eigenvalue weighted by molar-refractivity contribution is -0.115. The molecule has 1 unspecified atom stereocenters. The number of benzene rings is 2. The average Bonchev–Trinajstić information content (AvgIpc) is 2.88. The Bertz CT molecular complexity index is 673. The molecule has 0 radical (unpaired) electrons. The van der Waals surface area contributed by atoms with Crippen molar-refractivity contribution in [3.8, 4) is 5.75 Å². The molecule has 0 saturated heterocycles. The minimum absolute atomic E-state index is 0.103.